The standard InChI is InChI=1S/C20H24N2O6/c1-4-26-19-12-15(14-21-22-20(23)25-3)8-9-18(19)28-11-10-27-17-7-5-6-16(13-17)24-2/h5-9,12-14H,4,10-11H2,1-3H3,(H,22,23)/b21-14-. The predicted molar refractivity (Wildman–Crippen MR) is 105 cm³/mol. The molecule has 0 heterocycles. The fraction of sp³-hybridized carbons (Fsp3) is 0.300. The number of methoxy groups -OCH3 is 2. The molecular weight excluding hydrogens is 364 g/mol. The maximum atomic E-state index is 11.0. The van der Waals surface area contributed by atoms with E-state index in [1.54, 1.807) is 25.3 Å². The van der Waals surface area contributed by atoms with E-state index in [0.29, 0.717) is 37.1 Å². The first-order valence-corrected chi connectivity index (χ1v) is 8.69. The zero-order chi connectivity index (χ0) is 20.2. The van der Waals surface area contributed by atoms with Crippen LogP contribution in [0.1, 0.15) is 12.5 Å². The quantitative estimate of drug-likeness (QED) is 0.382. The maximum absolute atomic E-state index is 11.0. The number of rotatable bonds is 10. The molecule has 0 fully saturated rings. The van der Waals surface area contributed by atoms with Crippen LogP contribution in [0, 0.1) is 0 Å². The second-order valence-electron chi connectivity index (χ2n) is 5.38. The molecular formula is C20H24N2O6. The van der Waals surface area contributed by atoms with Crippen LogP contribution in [0.15, 0.2) is 47.6 Å². The van der Waals surface area contributed by atoms with E-state index in [1.807, 2.05) is 31.2 Å². The first kappa shape index (κ1) is 20.9. The molecule has 0 aliphatic carbocycles. The van der Waals surface area contributed by atoms with Gasteiger partial charge in [0.1, 0.15) is 24.7 Å². The highest BCUT2D eigenvalue weighted by Gasteiger charge is 2.07. The minimum atomic E-state index is -0.641. The van der Waals surface area contributed by atoms with E-state index in [-0.39, 0.29) is 0 Å². The second kappa shape index (κ2) is 11.3. The van der Waals surface area contributed by atoms with Crippen molar-refractivity contribution >= 4 is 12.3 Å². The van der Waals surface area contributed by atoms with Crippen molar-refractivity contribution in [3.63, 3.8) is 0 Å². The van der Waals surface area contributed by atoms with E-state index in [1.165, 1.54) is 13.3 Å². The van der Waals surface area contributed by atoms with Crippen LogP contribution in [0.3, 0.4) is 0 Å². The van der Waals surface area contributed by atoms with Crippen molar-refractivity contribution < 1.29 is 28.5 Å². The van der Waals surface area contributed by atoms with Crippen LogP contribution in [-0.2, 0) is 4.74 Å². The first-order chi connectivity index (χ1) is 13.7. The smallest absolute Gasteiger partial charge is 0.427 e. The Morgan fingerprint density at radius 1 is 1.00 bits per heavy atom. The molecule has 2 aromatic carbocycles. The molecule has 0 saturated heterocycles. The van der Waals surface area contributed by atoms with Crippen LogP contribution in [0.2, 0.25) is 0 Å². The van der Waals surface area contributed by atoms with Gasteiger partial charge >= 0.3 is 6.09 Å². The molecule has 0 unspecified atom stereocenters. The largest absolute Gasteiger partial charge is 0.497 e. The Labute approximate surface area is 164 Å². The first-order valence-electron chi connectivity index (χ1n) is 8.69. The summed E-state index contributed by atoms with van der Waals surface area (Å²) in [6.07, 6.45) is 0.840. The van der Waals surface area contributed by atoms with Crippen LogP contribution in [0.5, 0.6) is 23.0 Å². The lowest BCUT2D eigenvalue weighted by molar-refractivity contribution is 0.171. The Kier molecular flexibility index (Phi) is 8.45. The normalized spacial score (nSPS) is 10.4. The Balaban J connectivity index is 1.91. The summed E-state index contributed by atoms with van der Waals surface area (Å²) in [6.45, 7) is 3.08. The molecule has 8 heteroatoms. The maximum Gasteiger partial charge on any atom is 0.427 e. The molecule has 0 aliphatic rings. The summed E-state index contributed by atoms with van der Waals surface area (Å²) in [7, 11) is 2.87. The van der Waals surface area contributed by atoms with Crippen LogP contribution in [-0.4, -0.2) is 46.3 Å². The molecule has 0 radical (unpaired) electrons. The van der Waals surface area contributed by atoms with Gasteiger partial charge in [-0.2, -0.15) is 5.10 Å². The Morgan fingerprint density at radius 3 is 2.54 bits per heavy atom. The number of carbonyl (C=O) groups is 1. The minimum absolute atomic E-state index is 0.342. The lowest BCUT2D eigenvalue weighted by Gasteiger charge is -2.13. The lowest BCUT2D eigenvalue weighted by Crippen LogP contribution is -2.16. The fourth-order valence-electron chi connectivity index (χ4n) is 2.20. The zero-order valence-corrected chi connectivity index (χ0v) is 16.1. The highest BCUT2D eigenvalue weighted by molar-refractivity contribution is 5.82. The van der Waals surface area contributed by atoms with Crippen molar-refractivity contribution in [3.8, 4) is 23.0 Å². The molecule has 0 spiro atoms. The number of hydrazone groups is 1. The van der Waals surface area contributed by atoms with Crippen LogP contribution >= 0.6 is 0 Å². The molecule has 150 valence electrons. The minimum Gasteiger partial charge on any atom is -0.497 e. The molecule has 28 heavy (non-hydrogen) atoms. The van der Waals surface area contributed by atoms with Gasteiger partial charge in [-0.1, -0.05) is 6.07 Å². The fourth-order valence-corrected chi connectivity index (χ4v) is 2.20. The van der Waals surface area contributed by atoms with Crippen LogP contribution < -0.4 is 24.4 Å². The molecule has 8 nitrogen and oxygen atoms in total. The van der Waals surface area contributed by atoms with Gasteiger partial charge in [0, 0.05) is 6.07 Å². The number of carbonyl (C=O) groups excluding carboxylic acids is 1. The molecule has 0 saturated carbocycles. The van der Waals surface area contributed by atoms with Gasteiger partial charge in [-0.05, 0) is 42.8 Å². The summed E-state index contributed by atoms with van der Waals surface area (Å²) in [5.41, 5.74) is 2.96. The number of hydrogen-bond donors (Lipinski definition) is 1. The Bertz CT molecular complexity index is 794. The number of benzene rings is 2. The molecule has 2 aromatic rings. The van der Waals surface area contributed by atoms with Gasteiger partial charge in [-0.25, -0.2) is 10.2 Å². The summed E-state index contributed by atoms with van der Waals surface area (Å²) in [6, 6.07) is 12.7. The molecule has 2 rings (SSSR count). The van der Waals surface area contributed by atoms with Crippen molar-refractivity contribution in [1.82, 2.24) is 5.43 Å². The number of ether oxygens (including phenoxy) is 5. The summed E-state index contributed by atoms with van der Waals surface area (Å²) in [4.78, 5) is 11.0. The summed E-state index contributed by atoms with van der Waals surface area (Å²) >= 11 is 0. The summed E-state index contributed by atoms with van der Waals surface area (Å²) in [5, 5.41) is 3.79. The van der Waals surface area contributed by atoms with E-state index in [4.69, 9.17) is 18.9 Å². The van der Waals surface area contributed by atoms with Crippen molar-refractivity contribution in [2.24, 2.45) is 5.10 Å². The van der Waals surface area contributed by atoms with Crippen molar-refractivity contribution in [2.75, 3.05) is 34.0 Å². The van der Waals surface area contributed by atoms with Gasteiger partial charge in [0.05, 0.1) is 27.0 Å². The van der Waals surface area contributed by atoms with Gasteiger partial charge in [0.15, 0.2) is 11.5 Å². The zero-order valence-electron chi connectivity index (χ0n) is 16.1. The third-order valence-corrected chi connectivity index (χ3v) is 3.47. The number of nitrogens with one attached hydrogen (secondary N) is 1. The third kappa shape index (κ3) is 6.71. The summed E-state index contributed by atoms with van der Waals surface area (Å²) in [5.74, 6) is 2.61. The molecule has 0 bridgehead atoms. The van der Waals surface area contributed by atoms with E-state index in [0.717, 1.165) is 11.3 Å². The summed E-state index contributed by atoms with van der Waals surface area (Å²) < 4.78 is 26.6. The van der Waals surface area contributed by atoms with E-state index < -0.39 is 6.09 Å². The molecule has 1 amide bonds. The van der Waals surface area contributed by atoms with Gasteiger partial charge in [0.25, 0.3) is 0 Å². The third-order valence-electron chi connectivity index (χ3n) is 3.47. The lowest BCUT2D eigenvalue weighted by atomic mass is 10.2. The number of amides is 1. The molecule has 1 N–H and O–H groups in total. The molecule has 0 aromatic heterocycles. The highest BCUT2D eigenvalue weighted by atomic mass is 16.5. The topological polar surface area (TPSA) is 87.6 Å². The second-order valence-corrected chi connectivity index (χ2v) is 5.38. The van der Waals surface area contributed by atoms with Gasteiger partial charge in [-0.3, -0.25) is 0 Å². The van der Waals surface area contributed by atoms with Gasteiger partial charge < -0.3 is 23.7 Å². The average molecular weight is 388 g/mol. The van der Waals surface area contributed by atoms with Gasteiger partial charge in [0.2, 0.25) is 0 Å². The Hall–Kier alpha value is -3.42. The van der Waals surface area contributed by atoms with E-state index in [2.05, 4.69) is 15.3 Å². The molecule has 0 atom stereocenters. The SMILES string of the molecule is CCOc1cc(/C=N\NC(=O)OC)ccc1OCCOc1cccc(OC)c1. The van der Waals surface area contributed by atoms with Crippen molar-refractivity contribution in [1.29, 1.82) is 0 Å². The van der Waals surface area contributed by atoms with E-state index >= 15 is 0 Å². The Morgan fingerprint density at radius 2 is 1.79 bits per heavy atom. The van der Waals surface area contributed by atoms with Gasteiger partial charge in [-0.15, -0.1) is 0 Å². The predicted octanol–water partition coefficient (Wildman–Crippen LogP) is 3.24. The number of hydrogen-bond acceptors (Lipinski definition) is 7. The van der Waals surface area contributed by atoms with Crippen molar-refractivity contribution in [3.05, 3.63) is 48.0 Å². The average Bonchev–Trinajstić information content (AvgIpc) is 2.72. The number of nitrogens with zero attached hydrogens (tertiary/aromatic N) is 1. The van der Waals surface area contributed by atoms with E-state index in [9.17, 15) is 4.79 Å². The highest BCUT2D eigenvalue weighted by Crippen LogP contribution is 2.28. The van der Waals surface area contributed by atoms with Crippen LogP contribution in [0.4, 0.5) is 4.79 Å². The van der Waals surface area contributed by atoms with Crippen molar-refractivity contribution in [2.45, 2.75) is 6.92 Å². The molecule has 0 aliphatic heterocycles. The monoisotopic (exact) mass is 388 g/mol. The van der Waals surface area contributed by atoms with Crippen LogP contribution in [0.25, 0.3) is 0 Å².